The molecule has 0 radical (unpaired) electrons. The number of rotatable bonds is 3. The number of amides is 1. The van der Waals surface area contributed by atoms with Gasteiger partial charge in [-0.25, -0.2) is 0 Å². The van der Waals surface area contributed by atoms with Gasteiger partial charge in [0.1, 0.15) is 13.2 Å². The number of likely N-dealkylation sites (tertiary alicyclic amines) is 1. The summed E-state index contributed by atoms with van der Waals surface area (Å²) in [4.78, 5) is 14.7. The molecular formula is C19H23N3O3. The highest BCUT2D eigenvalue weighted by Crippen LogP contribution is 2.31. The number of aromatic nitrogens is 2. The number of fused-ring (bicyclic) bond motifs is 1. The van der Waals surface area contributed by atoms with Crippen molar-refractivity contribution in [3.05, 3.63) is 41.2 Å². The van der Waals surface area contributed by atoms with E-state index < -0.39 is 0 Å². The minimum Gasteiger partial charge on any atom is -0.486 e. The number of hydrogen-bond acceptors (Lipinski definition) is 4. The third-order valence-corrected chi connectivity index (χ3v) is 4.88. The van der Waals surface area contributed by atoms with Crippen LogP contribution in [0.2, 0.25) is 0 Å². The van der Waals surface area contributed by atoms with Crippen LogP contribution in [0, 0.1) is 6.92 Å². The van der Waals surface area contributed by atoms with Crippen LogP contribution in [0.5, 0.6) is 11.5 Å². The van der Waals surface area contributed by atoms with Gasteiger partial charge in [-0.3, -0.25) is 9.89 Å². The van der Waals surface area contributed by atoms with Gasteiger partial charge in [0, 0.05) is 24.7 Å². The van der Waals surface area contributed by atoms with Crippen molar-refractivity contribution in [3.8, 4) is 11.5 Å². The van der Waals surface area contributed by atoms with E-state index in [1.165, 1.54) is 0 Å². The number of aromatic amines is 1. The van der Waals surface area contributed by atoms with Crippen LogP contribution in [0.3, 0.4) is 0 Å². The number of hydrogen-bond donors (Lipinski definition) is 1. The molecule has 0 bridgehead atoms. The second-order valence-electron chi connectivity index (χ2n) is 6.81. The first-order chi connectivity index (χ1) is 12.2. The molecule has 1 fully saturated rings. The molecule has 3 heterocycles. The summed E-state index contributed by atoms with van der Waals surface area (Å²) in [5.41, 5.74) is 3.09. The topological polar surface area (TPSA) is 67.5 Å². The third-order valence-electron chi connectivity index (χ3n) is 4.88. The Morgan fingerprint density at radius 3 is 2.92 bits per heavy atom. The lowest BCUT2D eigenvalue weighted by atomic mass is 9.94. The largest absolute Gasteiger partial charge is 0.486 e. The third kappa shape index (κ3) is 3.48. The monoisotopic (exact) mass is 341 g/mol. The van der Waals surface area contributed by atoms with Crippen LogP contribution in [0.25, 0.3) is 0 Å². The molecule has 25 heavy (non-hydrogen) atoms. The molecule has 6 nitrogen and oxygen atoms in total. The number of piperidine rings is 1. The lowest BCUT2D eigenvalue weighted by Crippen LogP contribution is -2.40. The van der Waals surface area contributed by atoms with E-state index in [0.717, 1.165) is 54.4 Å². The molecule has 1 N–H and O–H groups in total. The smallest absolute Gasteiger partial charge is 0.227 e. The summed E-state index contributed by atoms with van der Waals surface area (Å²) in [6.45, 7) is 4.70. The predicted octanol–water partition coefficient (Wildman–Crippen LogP) is 2.44. The van der Waals surface area contributed by atoms with Crippen molar-refractivity contribution in [2.45, 2.75) is 32.1 Å². The van der Waals surface area contributed by atoms with E-state index in [1.807, 2.05) is 30.0 Å². The molecule has 4 rings (SSSR count). The maximum Gasteiger partial charge on any atom is 0.227 e. The fourth-order valence-corrected chi connectivity index (χ4v) is 3.58. The van der Waals surface area contributed by atoms with Gasteiger partial charge in [-0.2, -0.15) is 5.10 Å². The number of nitrogens with zero attached hydrogens (tertiary/aromatic N) is 2. The van der Waals surface area contributed by atoms with Crippen molar-refractivity contribution in [2.75, 3.05) is 26.3 Å². The van der Waals surface area contributed by atoms with Crippen LogP contribution in [0.15, 0.2) is 24.3 Å². The molecule has 132 valence electrons. The van der Waals surface area contributed by atoms with E-state index in [2.05, 4.69) is 16.3 Å². The molecule has 2 aliphatic rings. The van der Waals surface area contributed by atoms with Crippen molar-refractivity contribution in [2.24, 2.45) is 0 Å². The number of ether oxygens (including phenoxy) is 2. The first kappa shape index (κ1) is 16.0. The van der Waals surface area contributed by atoms with E-state index in [9.17, 15) is 4.79 Å². The fourth-order valence-electron chi connectivity index (χ4n) is 3.58. The summed E-state index contributed by atoms with van der Waals surface area (Å²) in [7, 11) is 0. The van der Waals surface area contributed by atoms with Gasteiger partial charge in [0.15, 0.2) is 11.5 Å². The maximum absolute atomic E-state index is 12.7. The SMILES string of the molecule is Cc1cc([C@@H]2CCCN(C(=O)Cc3ccc4c(c3)OCCO4)C2)n[nH]1. The number of carbonyl (C=O) groups excluding carboxylic acids is 1. The lowest BCUT2D eigenvalue weighted by molar-refractivity contribution is -0.131. The average Bonchev–Trinajstić information content (AvgIpc) is 3.08. The molecule has 0 unspecified atom stereocenters. The lowest BCUT2D eigenvalue weighted by Gasteiger charge is -2.32. The van der Waals surface area contributed by atoms with Crippen molar-refractivity contribution in [1.29, 1.82) is 0 Å². The Balaban J connectivity index is 1.42. The normalized spacial score (nSPS) is 19.7. The molecule has 6 heteroatoms. The van der Waals surface area contributed by atoms with Gasteiger partial charge in [-0.15, -0.1) is 0 Å². The van der Waals surface area contributed by atoms with E-state index in [-0.39, 0.29) is 5.91 Å². The number of aryl methyl sites for hydroxylation is 1. The first-order valence-corrected chi connectivity index (χ1v) is 8.87. The maximum atomic E-state index is 12.7. The van der Waals surface area contributed by atoms with Crippen LogP contribution in [-0.2, 0) is 11.2 Å². The summed E-state index contributed by atoms with van der Waals surface area (Å²) < 4.78 is 11.1. The Bertz CT molecular complexity index is 771. The molecule has 1 amide bonds. The van der Waals surface area contributed by atoms with Crippen molar-refractivity contribution >= 4 is 5.91 Å². The second-order valence-corrected chi connectivity index (χ2v) is 6.81. The minimum atomic E-state index is 0.161. The van der Waals surface area contributed by atoms with Crippen molar-refractivity contribution in [3.63, 3.8) is 0 Å². The molecule has 2 aromatic rings. The predicted molar refractivity (Wildman–Crippen MR) is 93.0 cm³/mol. The molecule has 0 aliphatic carbocycles. The van der Waals surface area contributed by atoms with Crippen LogP contribution >= 0.6 is 0 Å². The molecular weight excluding hydrogens is 318 g/mol. The second kappa shape index (κ2) is 6.78. The molecule has 2 aliphatic heterocycles. The van der Waals surface area contributed by atoms with Crippen molar-refractivity contribution < 1.29 is 14.3 Å². The van der Waals surface area contributed by atoms with E-state index in [4.69, 9.17) is 9.47 Å². The quantitative estimate of drug-likeness (QED) is 0.931. The Hall–Kier alpha value is -2.50. The summed E-state index contributed by atoms with van der Waals surface area (Å²) in [5.74, 6) is 1.98. The number of benzene rings is 1. The Morgan fingerprint density at radius 1 is 1.28 bits per heavy atom. The molecule has 1 atom stereocenters. The van der Waals surface area contributed by atoms with Crippen LogP contribution in [0.1, 0.15) is 35.7 Å². The van der Waals surface area contributed by atoms with Crippen molar-refractivity contribution in [1.82, 2.24) is 15.1 Å². The standard InChI is InChI=1S/C19H23N3O3/c1-13-9-16(21-20-13)15-3-2-6-22(12-15)19(23)11-14-4-5-17-18(10-14)25-8-7-24-17/h4-5,9-10,15H,2-3,6-8,11-12H2,1H3,(H,20,21)/t15-/m1/s1. The Labute approximate surface area is 147 Å². The molecule has 1 saturated heterocycles. The van der Waals surface area contributed by atoms with Crippen LogP contribution < -0.4 is 9.47 Å². The summed E-state index contributed by atoms with van der Waals surface area (Å²) in [6.07, 6.45) is 2.49. The van der Waals surface area contributed by atoms with Crippen LogP contribution in [-0.4, -0.2) is 47.3 Å². The van der Waals surface area contributed by atoms with E-state index in [0.29, 0.717) is 25.6 Å². The zero-order valence-corrected chi connectivity index (χ0v) is 14.5. The zero-order chi connectivity index (χ0) is 17.2. The van der Waals surface area contributed by atoms with Gasteiger partial charge in [0.05, 0.1) is 12.1 Å². The molecule has 1 aromatic carbocycles. The van der Waals surface area contributed by atoms with Gasteiger partial charge >= 0.3 is 0 Å². The van der Waals surface area contributed by atoms with Gasteiger partial charge < -0.3 is 14.4 Å². The average molecular weight is 341 g/mol. The van der Waals surface area contributed by atoms with E-state index >= 15 is 0 Å². The molecule has 0 spiro atoms. The number of nitrogens with one attached hydrogen (secondary N) is 1. The number of H-pyrrole nitrogens is 1. The summed E-state index contributed by atoms with van der Waals surface area (Å²) in [6, 6.07) is 7.84. The Kier molecular flexibility index (Phi) is 4.34. The van der Waals surface area contributed by atoms with Gasteiger partial charge in [-0.1, -0.05) is 6.07 Å². The zero-order valence-electron chi connectivity index (χ0n) is 14.5. The van der Waals surface area contributed by atoms with Gasteiger partial charge in [0.25, 0.3) is 0 Å². The molecule has 1 aromatic heterocycles. The highest BCUT2D eigenvalue weighted by Gasteiger charge is 2.26. The minimum absolute atomic E-state index is 0.161. The summed E-state index contributed by atoms with van der Waals surface area (Å²) >= 11 is 0. The molecule has 0 saturated carbocycles. The fraction of sp³-hybridized carbons (Fsp3) is 0.474. The van der Waals surface area contributed by atoms with E-state index in [1.54, 1.807) is 0 Å². The Morgan fingerprint density at radius 2 is 2.12 bits per heavy atom. The van der Waals surface area contributed by atoms with Gasteiger partial charge in [0.2, 0.25) is 5.91 Å². The highest BCUT2D eigenvalue weighted by atomic mass is 16.6. The number of carbonyl (C=O) groups is 1. The summed E-state index contributed by atoms with van der Waals surface area (Å²) in [5, 5.41) is 7.37. The van der Waals surface area contributed by atoms with Crippen LogP contribution in [0.4, 0.5) is 0 Å². The van der Waals surface area contributed by atoms with Gasteiger partial charge in [-0.05, 0) is 43.5 Å². The first-order valence-electron chi connectivity index (χ1n) is 8.87. The highest BCUT2D eigenvalue weighted by molar-refractivity contribution is 5.79.